The maximum atomic E-state index is 13.0. The number of benzene rings is 1. The topological polar surface area (TPSA) is 86.8 Å². The molecule has 1 saturated carbocycles. The predicted octanol–water partition coefficient (Wildman–Crippen LogP) is 4.31. The zero-order valence-electron chi connectivity index (χ0n) is 23.8. The van der Waals surface area contributed by atoms with Crippen molar-refractivity contribution in [2.24, 2.45) is 5.92 Å². The Bertz CT molecular complexity index is 934. The lowest BCUT2D eigenvalue weighted by Gasteiger charge is -2.27. The number of rotatable bonds is 4. The zero-order valence-corrected chi connectivity index (χ0v) is 23.8. The number of hydrogen-bond donors (Lipinski definition) is 0. The minimum atomic E-state index is -0.407. The molecule has 0 aromatic heterocycles. The minimum absolute atomic E-state index is 0.0290. The summed E-state index contributed by atoms with van der Waals surface area (Å²) in [5, 5.41) is 0. The van der Waals surface area contributed by atoms with Crippen molar-refractivity contribution in [3.8, 4) is 17.2 Å². The number of hydrogen-bond acceptors (Lipinski definition) is 9. The van der Waals surface area contributed by atoms with Gasteiger partial charge in [-0.15, -0.1) is 0 Å². The maximum Gasteiger partial charge on any atom is 0.338 e. The van der Waals surface area contributed by atoms with Gasteiger partial charge >= 0.3 is 11.9 Å². The maximum absolute atomic E-state index is 13.0. The Labute approximate surface area is 233 Å². The number of carbonyl (C=O) groups excluding carboxylic acids is 2. The highest BCUT2D eigenvalue weighted by Crippen LogP contribution is 2.39. The van der Waals surface area contributed by atoms with Crippen LogP contribution in [-0.2, 0) is 14.3 Å². The van der Waals surface area contributed by atoms with Gasteiger partial charge in [-0.1, -0.05) is 19.3 Å². The van der Waals surface area contributed by atoms with E-state index < -0.39 is 5.97 Å². The first kappa shape index (κ1) is 29.5. The van der Waals surface area contributed by atoms with E-state index in [1.165, 1.54) is 13.5 Å². The Hall–Kier alpha value is -2.52. The zero-order chi connectivity index (χ0) is 27.5. The lowest BCUT2D eigenvalue weighted by Crippen LogP contribution is -2.34. The summed E-state index contributed by atoms with van der Waals surface area (Å²) in [5.74, 6) is 0.894. The van der Waals surface area contributed by atoms with E-state index in [-0.39, 0.29) is 18.0 Å². The second kappa shape index (κ2) is 15.3. The van der Waals surface area contributed by atoms with Gasteiger partial charge in [-0.2, -0.15) is 0 Å². The van der Waals surface area contributed by atoms with E-state index in [1.807, 2.05) is 0 Å². The molecule has 3 atom stereocenters. The fraction of sp³-hybridized carbons (Fsp3) is 0.733. The lowest BCUT2D eigenvalue weighted by atomic mass is 9.89. The van der Waals surface area contributed by atoms with Gasteiger partial charge in [0, 0.05) is 26.2 Å². The van der Waals surface area contributed by atoms with Crippen LogP contribution in [0.15, 0.2) is 12.1 Å². The number of cyclic esters (lactones) is 1. The molecule has 4 rings (SSSR count). The first-order chi connectivity index (χ1) is 19.1. The molecule has 1 aromatic carbocycles. The third-order valence-electron chi connectivity index (χ3n) is 8.13. The van der Waals surface area contributed by atoms with Gasteiger partial charge in [0.2, 0.25) is 5.75 Å². The van der Waals surface area contributed by atoms with Gasteiger partial charge in [-0.25, -0.2) is 4.79 Å². The number of ether oxygens (including phenoxy) is 5. The van der Waals surface area contributed by atoms with Gasteiger partial charge < -0.3 is 33.5 Å². The Morgan fingerprint density at radius 3 is 2.23 bits per heavy atom. The summed E-state index contributed by atoms with van der Waals surface area (Å²) in [6, 6.07) is 3.28. The molecule has 9 nitrogen and oxygen atoms in total. The van der Waals surface area contributed by atoms with Crippen molar-refractivity contribution in [2.75, 3.05) is 66.7 Å². The first-order valence-electron chi connectivity index (χ1n) is 14.8. The van der Waals surface area contributed by atoms with Crippen molar-refractivity contribution >= 4 is 11.9 Å². The number of esters is 2. The molecule has 0 amide bonds. The largest absolute Gasteiger partial charge is 0.493 e. The van der Waals surface area contributed by atoms with Crippen molar-refractivity contribution in [1.29, 1.82) is 0 Å². The second-order valence-corrected chi connectivity index (χ2v) is 10.9. The molecule has 1 saturated heterocycles. The number of nitrogens with zero attached hydrogens (tertiary/aromatic N) is 2. The van der Waals surface area contributed by atoms with Gasteiger partial charge in [-0.3, -0.25) is 4.79 Å². The molecule has 1 aliphatic carbocycles. The highest BCUT2D eigenvalue weighted by molar-refractivity contribution is 5.91. The van der Waals surface area contributed by atoms with E-state index >= 15 is 0 Å². The van der Waals surface area contributed by atoms with Crippen molar-refractivity contribution in [2.45, 2.75) is 70.3 Å². The van der Waals surface area contributed by atoms with Gasteiger partial charge in [0.25, 0.3) is 0 Å². The average molecular weight is 547 g/mol. The number of fused-ring (bicyclic) bond motifs is 5. The third-order valence-corrected chi connectivity index (χ3v) is 8.13. The normalized spacial score (nSPS) is 26.1. The minimum Gasteiger partial charge on any atom is -0.493 e. The summed E-state index contributed by atoms with van der Waals surface area (Å²) < 4.78 is 28.8. The van der Waals surface area contributed by atoms with E-state index in [9.17, 15) is 9.59 Å². The molecular formula is C30H46N2O7. The van der Waals surface area contributed by atoms with Crippen molar-refractivity contribution in [1.82, 2.24) is 9.80 Å². The van der Waals surface area contributed by atoms with E-state index in [2.05, 4.69) is 9.80 Å². The van der Waals surface area contributed by atoms with Crippen molar-refractivity contribution in [3.05, 3.63) is 17.7 Å². The molecule has 0 spiro atoms. The molecule has 4 bridgehead atoms. The lowest BCUT2D eigenvalue weighted by molar-refractivity contribution is -0.156. The van der Waals surface area contributed by atoms with Gasteiger partial charge in [0.1, 0.15) is 6.10 Å². The SMILES string of the molecule is COc1cc2cc(c1OC)OCCCC(OC(=O)C1CCCCC1)CCN1CCCN(CCCOC2=O)CC1. The van der Waals surface area contributed by atoms with Crippen LogP contribution in [0.3, 0.4) is 0 Å². The first-order valence-corrected chi connectivity index (χ1v) is 14.8. The number of carbonyl (C=O) groups is 2. The Kier molecular flexibility index (Phi) is 11.6. The standard InChI is InChI=1S/C30H46N2O7/c1-35-26-21-24-22-27(28(26)36-2)37-19-6-11-25(39-30(34)23-9-4-3-5-10-23)12-16-32-14-7-13-31(17-18-32)15-8-20-38-29(24)33/h21-23,25H,3-20H2,1-2H3. The molecule has 0 radical (unpaired) electrons. The summed E-state index contributed by atoms with van der Waals surface area (Å²) in [6.45, 7) is 6.65. The van der Waals surface area contributed by atoms with Crippen LogP contribution >= 0.6 is 0 Å². The second-order valence-electron chi connectivity index (χ2n) is 10.9. The molecule has 3 unspecified atom stereocenters. The number of methoxy groups -OCH3 is 2. The van der Waals surface area contributed by atoms with E-state index in [1.54, 1.807) is 19.2 Å². The summed E-state index contributed by atoms with van der Waals surface area (Å²) >= 11 is 0. The van der Waals surface area contributed by atoms with Gasteiger partial charge in [-0.05, 0) is 70.2 Å². The summed E-state index contributed by atoms with van der Waals surface area (Å²) in [6.07, 6.45) is 9.32. The molecule has 218 valence electrons. The summed E-state index contributed by atoms with van der Waals surface area (Å²) in [7, 11) is 3.08. The fourth-order valence-corrected chi connectivity index (χ4v) is 5.84. The monoisotopic (exact) mass is 546 g/mol. The highest BCUT2D eigenvalue weighted by Gasteiger charge is 2.26. The predicted molar refractivity (Wildman–Crippen MR) is 148 cm³/mol. The quantitative estimate of drug-likeness (QED) is 0.513. The third kappa shape index (κ3) is 8.73. The molecule has 2 heterocycles. The Balaban J connectivity index is 1.48. The smallest absolute Gasteiger partial charge is 0.338 e. The fourth-order valence-electron chi connectivity index (χ4n) is 5.84. The van der Waals surface area contributed by atoms with Crippen molar-refractivity contribution in [3.63, 3.8) is 0 Å². The van der Waals surface area contributed by atoms with Crippen LogP contribution in [0.5, 0.6) is 17.2 Å². The van der Waals surface area contributed by atoms with E-state index in [0.717, 1.165) is 90.6 Å². The van der Waals surface area contributed by atoms with Crippen molar-refractivity contribution < 1.29 is 33.3 Å². The van der Waals surface area contributed by atoms with Crippen LogP contribution in [-0.4, -0.2) is 94.5 Å². The molecule has 0 N–H and O–H groups in total. The van der Waals surface area contributed by atoms with E-state index in [4.69, 9.17) is 23.7 Å². The molecule has 2 aliphatic heterocycles. The molecular weight excluding hydrogens is 500 g/mol. The molecule has 2 fully saturated rings. The average Bonchev–Trinajstić information content (AvgIpc) is 3.20. The molecule has 3 aliphatic rings. The molecule has 39 heavy (non-hydrogen) atoms. The van der Waals surface area contributed by atoms with Crippen LogP contribution in [0.2, 0.25) is 0 Å². The van der Waals surface area contributed by atoms with Crippen LogP contribution < -0.4 is 14.2 Å². The Morgan fingerprint density at radius 1 is 0.769 bits per heavy atom. The van der Waals surface area contributed by atoms with Crippen LogP contribution in [0.4, 0.5) is 0 Å². The molecule has 9 heteroatoms. The Morgan fingerprint density at radius 2 is 1.49 bits per heavy atom. The van der Waals surface area contributed by atoms with Gasteiger partial charge in [0.15, 0.2) is 11.5 Å². The highest BCUT2D eigenvalue weighted by atomic mass is 16.5. The van der Waals surface area contributed by atoms with Crippen LogP contribution in [0, 0.1) is 5.92 Å². The summed E-state index contributed by atoms with van der Waals surface area (Å²) in [5.41, 5.74) is 0.366. The summed E-state index contributed by atoms with van der Waals surface area (Å²) in [4.78, 5) is 30.8. The van der Waals surface area contributed by atoms with Crippen LogP contribution in [0.1, 0.15) is 74.6 Å². The molecule has 1 aromatic rings. The van der Waals surface area contributed by atoms with E-state index in [0.29, 0.717) is 42.4 Å². The van der Waals surface area contributed by atoms with Gasteiger partial charge in [0.05, 0.1) is 38.9 Å². The van der Waals surface area contributed by atoms with Crippen LogP contribution in [0.25, 0.3) is 0 Å².